The van der Waals surface area contributed by atoms with Gasteiger partial charge in [-0.2, -0.15) is 0 Å². The maximum atomic E-state index is 14.1. The summed E-state index contributed by atoms with van der Waals surface area (Å²) in [6.45, 7) is 4.63. The van der Waals surface area contributed by atoms with Crippen molar-refractivity contribution in [2.75, 3.05) is 4.90 Å². The molecule has 0 saturated carbocycles. The van der Waals surface area contributed by atoms with Crippen molar-refractivity contribution in [2.45, 2.75) is 51.1 Å². The molecule has 6 heteroatoms. The second kappa shape index (κ2) is 11.1. The fraction of sp³-hybridized carbons (Fsp3) is 0.310. The van der Waals surface area contributed by atoms with E-state index in [9.17, 15) is 14.7 Å². The largest absolute Gasteiger partial charge is 0.481 e. The van der Waals surface area contributed by atoms with Crippen LogP contribution in [0, 0.1) is 5.92 Å². The number of aryl methyl sites for hydroxylation is 1. The van der Waals surface area contributed by atoms with Crippen LogP contribution in [0.5, 0.6) is 0 Å². The summed E-state index contributed by atoms with van der Waals surface area (Å²) in [5.74, 6) is -2.01. The Morgan fingerprint density at radius 3 is 2.23 bits per heavy atom. The maximum Gasteiger partial charge on any atom is 0.309 e. The molecule has 3 aromatic carbocycles. The van der Waals surface area contributed by atoms with Crippen LogP contribution in [0.4, 0.5) is 5.69 Å². The average molecular weight is 493 g/mol. The molecule has 0 bridgehead atoms. The Labute approximate surface area is 213 Å². The van der Waals surface area contributed by atoms with E-state index < -0.39 is 17.4 Å². The molecular formula is C29H33ClN2O3. The van der Waals surface area contributed by atoms with Crippen LogP contribution in [-0.2, 0) is 29.0 Å². The van der Waals surface area contributed by atoms with Crippen molar-refractivity contribution < 1.29 is 14.7 Å². The van der Waals surface area contributed by atoms with E-state index in [1.165, 1.54) is 5.56 Å². The first-order chi connectivity index (χ1) is 16.3. The lowest BCUT2D eigenvalue weighted by Gasteiger charge is -2.36. The van der Waals surface area contributed by atoms with Gasteiger partial charge in [-0.1, -0.05) is 86.6 Å². The Balaban J connectivity index is 0.00000342. The molecule has 184 valence electrons. The van der Waals surface area contributed by atoms with E-state index in [1.807, 2.05) is 66.7 Å². The van der Waals surface area contributed by atoms with Crippen molar-refractivity contribution in [2.24, 2.45) is 11.7 Å². The zero-order valence-electron chi connectivity index (χ0n) is 20.2. The quantitative estimate of drug-likeness (QED) is 0.465. The summed E-state index contributed by atoms with van der Waals surface area (Å²) in [5.41, 5.74) is 10.1. The fourth-order valence-corrected chi connectivity index (χ4v) is 4.81. The molecule has 1 heterocycles. The fourth-order valence-electron chi connectivity index (χ4n) is 4.81. The van der Waals surface area contributed by atoms with Gasteiger partial charge in [0, 0.05) is 5.69 Å². The molecule has 0 saturated heterocycles. The third kappa shape index (κ3) is 5.58. The third-order valence-corrected chi connectivity index (χ3v) is 6.92. The van der Waals surface area contributed by atoms with Gasteiger partial charge in [-0.05, 0) is 53.5 Å². The van der Waals surface area contributed by atoms with Gasteiger partial charge in [-0.25, -0.2) is 0 Å². The molecule has 0 spiro atoms. The number of carboxylic acid groups (broad SMARTS) is 1. The van der Waals surface area contributed by atoms with Crippen molar-refractivity contribution >= 4 is 30.0 Å². The van der Waals surface area contributed by atoms with Crippen LogP contribution < -0.4 is 10.6 Å². The smallest absolute Gasteiger partial charge is 0.309 e. The molecule has 5 nitrogen and oxygen atoms in total. The topological polar surface area (TPSA) is 83.6 Å². The minimum atomic E-state index is -1.53. The normalized spacial score (nSPS) is 18.4. The van der Waals surface area contributed by atoms with Crippen LogP contribution >= 0.6 is 12.4 Å². The minimum Gasteiger partial charge on any atom is -0.481 e. The predicted octanol–water partition coefficient (Wildman–Crippen LogP) is 5.35. The minimum absolute atomic E-state index is 0. The predicted molar refractivity (Wildman–Crippen MR) is 142 cm³/mol. The average Bonchev–Trinajstić information content (AvgIpc) is 2.94. The second-order valence-electron chi connectivity index (χ2n) is 9.54. The number of rotatable bonds is 7. The van der Waals surface area contributed by atoms with Crippen molar-refractivity contribution in [1.29, 1.82) is 0 Å². The number of benzene rings is 3. The first-order valence-electron chi connectivity index (χ1n) is 11.8. The van der Waals surface area contributed by atoms with Crippen molar-refractivity contribution in [3.8, 4) is 0 Å². The molecule has 0 unspecified atom stereocenters. The molecule has 1 aliphatic rings. The number of carboxylic acids is 1. The molecule has 0 aromatic heterocycles. The van der Waals surface area contributed by atoms with Gasteiger partial charge < -0.3 is 15.7 Å². The molecular weight excluding hydrogens is 460 g/mol. The molecule has 3 aromatic rings. The Kier molecular flexibility index (Phi) is 8.36. The van der Waals surface area contributed by atoms with Crippen LogP contribution in [0.1, 0.15) is 48.4 Å². The molecule has 1 amide bonds. The SMILES string of the molecule is CC(C)c1ccc(CN2C(=O)[C@](N)([C@H](Cc3ccccc3)C(=O)O)CCc3ccccc32)cc1.Cl. The van der Waals surface area contributed by atoms with Crippen LogP contribution in [0.3, 0.4) is 0 Å². The van der Waals surface area contributed by atoms with Crippen LogP contribution in [0.25, 0.3) is 0 Å². The van der Waals surface area contributed by atoms with E-state index in [-0.39, 0.29) is 31.2 Å². The highest BCUT2D eigenvalue weighted by Crippen LogP contribution is 2.36. The van der Waals surface area contributed by atoms with Crippen LogP contribution in [0.15, 0.2) is 78.9 Å². The van der Waals surface area contributed by atoms with Crippen LogP contribution in [-0.4, -0.2) is 22.5 Å². The summed E-state index contributed by atoms with van der Waals surface area (Å²) in [6, 6.07) is 25.4. The van der Waals surface area contributed by atoms with Crippen molar-refractivity contribution in [3.63, 3.8) is 0 Å². The zero-order valence-corrected chi connectivity index (χ0v) is 21.0. The zero-order chi connectivity index (χ0) is 24.3. The summed E-state index contributed by atoms with van der Waals surface area (Å²) in [7, 11) is 0. The Hall–Kier alpha value is -3.15. The molecule has 35 heavy (non-hydrogen) atoms. The highest BCUT2D eigenvalue weighted by Gasteiger charge is 2.49. The number of amides is 1. The number of aliphatic carboxylic acids is 1. The van der Waals surface area contributed by atoms with Crippen molar-refractivity contribution in [1.82, 2.24) is 0 Å². The van der Waals surface area contributed by atoms with E-state index in [1.54, 1.807) is 4.90 Å². The van der Waals surface area contributed by atoms with E-state index in [2.05, 4.69) is 26.0 Å². The van der Waals surface area contributed by atoms with Gasteiger partial charge in [0.2, 0.25) is 5.91 Å². The summed E-state index contributed by atoms with van der Waals surface area (Å²) in [5, 5.41) is 10.2. The summed E-state index contributed by atoms with van der Waals surface area (Å²) < 4.78 is 0. The van der Waals surface area contributed by atoms with E-state index in [0.717, 1.165) is 22.4 Å². The number of halogens is 1. The molecule has 0 radical (unpaired) electrons. The third-order valence-electron chi connectivity index (χ3n) is 6.92. The number of hydrogen-bond acceptors (Lipinski definition) is 3. The number of hydrogen-bond donors (Lipinski definition) is 2. The number of nitrogens with two attached hydrogens (primary N) is 1. The van der Waals surface area contributed by atoms with Gasteiger partial charge >= 0.3 is 5.97 Å². The molecule has 4 rings (SSSR count). The van der Waals surface area contributed by atoms with E-state index in [0.29, 0.717) is 18.9 Å². The van der Waals surface area contributed by atoms with E-state index in [4.69, 9.17) is 5.73 Å². The molecule has 0 aliphatic carbocycles. The molecule has 3 N–H and O–H groups in total. The number of para-hydroxylation sites is 1. The van der Waals surface area contributed by atoms with Crippen LogP contribution in [0.2, 0.25) is 0 Å². The van der Waals surface area contributed by atoms with Gasteiger partial charge in [0.25, 0.3) is 0 Å². The first kappa shape index (κ1) is 26.5. The number of anilines is 1. The summed E-state index contributed by atoms with van der Waals surface area (Å²) in [6.07, 6.45) is 1.01. The lowest BCUT2D eigenvalue weighted by atomic mass is 9.76. The summed E-state index contributed by atoms with van der Waals surface area (Å²) in [4.78, 5) is 28.2. The Bertz CT molecular complexity index is 1160. The number of nitrogens with zero attached hydrogens (tertiary/aromatic N) is 1. The first-order valence-corrected chi connectivity index (χ1v) is 11.8. The second-order valence-corrected chi connectivity index (χ2v) is 9.54. The molecule has 1 aliphatic heterocycles. The lowest BCUT2D eigenvalue weighted by molar-refractivity contribution is -0.148. The van der Waals surface area contributed by atoms with Gasteiger partial charge in [0.05, 0.1) is 12.5 Å². The number of carbonyl (C=O) groups is 2. The van der Waals surface area contributed by atoms with Crippen molar-refractivity contribution in [3.05, 3.63) is 101 Å². The van der Waals surface area contributed by atoms with Gasteiger partial charge in [-0.3, -0.25) is 9.59 Å². The molecule has 2 atom stereocenters. The monoisotopic (exact) mass is 492 g/mol. The highest BCUT2D eigenvalue weighted by atomic mass is 35.5. The Morgan fingerprint density at radius 2 is 1.60 bits per heavy atom. The summed E-state index contributed by atoms with van der Waals surface area (Å²) >= 11 is 0. The van der Waals surface area contributed by atoms with Gasteiger partial charge in [0.1, 0.15) is 5.54 Å². The van der Waals surface area contributed by atoms with E-state index >= 15 is 0 Å². The number of fused-ring (bicyclic) bond motifs is 1. The number of carbonyl (C=O) groups excluding carboxylic acids is 1. The highest BCUT2D eigenvalue weighted by molar-refractivity contribution is 6.04. The maximum absolute atomic E-state index is 14.1. The standard InChI is InChI=1S/C29H32N2O3.ClH/c1-20(2)23-14-12-22(13-15-23)19-31-26-11-7-6-10-24(26)16-17-29(30,28(31)34)25(27(32)33)18-21-8-4-3-5-9-21;/h3-15,20,25H,16-19,30H2,1-2H3,(H,32,33);1H/t25-,29-;/m1./s1. The molecule has 0 fully saturated rings. The van der Waals surface area contributed by atoms with Gasteiger partial charge in [-0.15, -0.1) is 12.4 Å². The van der Waals surface area contributed by atoms with Gasteiger partial charge in [0.15, 0.2) is 0 Å². The lowest BCUT2D eigenvalue weighted by Crippen LogP contribution is -2.61. The Morgan fingerprint density at radius 1 is 0.971 bits per heavy atom.